The fourth-order valence-corrected chi connectivity index (χ4v) is 3.87. The molecule has 124 valence electrons. The topological polar surface area (TPSA) is 33.7 Å². The third-order valence-corrected chi connectivity index (χ3v) is 5.04. The number of nitrogens with one attached hydrogen (secondary N) is 1. The number of methoxy groups -OCH3 is 2. The van der Waals surface area contributed by atoms with Crippen LogP contribution in [0.2, 0.25) is 0 Å². The predicted octanol–water partition coefficient (Wildman–Crippen LogP) is 3.15. The molecule has 1 aliphatic rings. The first-order chi connectivity index (χ1) is 11.3. The van der Waals surface area contributed by atoms with Gasteiger partial charge in [0.1, 0.15) is 11.5 Å². The van der Waals surface area contributed by atoms with Gasteiger partial charge in [0.05, 0.1) is 20.3 Å². The summed E-state index contributed by atoms with van der Waals surface area (Å²) in [5, 5.41) is 7.88. The highest BCUT2D eigenvalue weighted by atomic mass is 32.1. The molecule has 2 aromatic rings. The Morgan fingerprint density at radius 2 is 2.04 bits per heavy atom. The van der Waals surface area contributed by atoms with Crippen molar-refractivity contribution in [2.45, 2.75) is 12.5 Å². The van der Waals surface area contributed by atoms with Crippen molar-refractivity contribution >= 4 is 11.3 Å². The zero-order chi connectivity index (χ0) is 16.1. The minimum atomic E-state index is 0.224. The van der Waals surface area contributed by atoms with Crippen molar-refractivity contribution in [2.24, 2.45) is 0 Å². The smallest absolute Gasteiger partial charge is 0.127 e. The molecule has 1 saturated heterocycles. The molecule has 23 heavy (non-hydrogen) atoms. The highest BCUT2D eigenvalue weighted by molar-refractivity contribution is 7.08. The molecule has 0 bridgehead atoms. The molecule has 0 spiro atoms. The molecule has 1 unspecified atom stereocenters. The molecule has 0 saturated carbocycles. The quantitative estimate of drug-likeness (QED) is 0.912. The van der Waals surface area contributed by atoms with Crippen LogP contribution in [0, 0.1) is 0 Å². The van der Waals surface area contributed by atoms with Gasteiger partial charge in [0.25, 0.3) is 0 Å². The highest BCUT2D eigenvalue weighted by Gasteiger charge is 2.26. The van der Waals surface area contributed by atoms with Crippen molar-refractivity contribution in [1.29, 1.82) is 0 Å². The summed E-state index contributed by atoms with van der Waals surface area (Å²) in [7, 11) is 3.41. The molecule has 2 heterocycles. The summed E-state index contributed by atoms with van der Waals surface area (Å²) in [6.07, 6.45) is 1.17. The summed E-state index contributed by atoms with van der Waals surface area (Å²) in [4.78, 5) is 2.55. The number of benzene rings is 1. The van der Waals surface area contributed by atoms with E-state index in [0.29, 0.717) is 0 Å². The van der Waals surface area contributed by atoms with Crippen molar-refractivity contribution in [3.8, 4) is 11.5 Å². The lowest BCUT2D eigenvalue weighted by Crippen LogP contribution is -2.33. The first-order valence-corrected chi connectivity index (χ1v) is 8.96. The molecular weight excluding hydrogens is 308 g/mol. The minimum absolute atomic E-state index is 0.224. The number of ether oxygens (including phenoxy) is 2. The standard InChI is InChI=1S/C18H24N2O2S/c1-21-15-4-5-16(17(12-15)22-2)18(14-6-11-23-13-14)20-9-3-7-19-8-10-20/h4-6,11-13,18-19H,3,7-10H2,1-2H3. The fourth-order valence-electron chi connectivity index (χ4n) is 3.19. The molecule has 0 aliphatic carbocycles. The van der Waals surface area contributed by atoms with Crippen LogP contribution < -0.4 is 14.8 Å². The van der Waals surface area contributed by atoms with Crippen molar-refractivity contribution in [1.82, 2.24) is 10.2 Å². The van der Waals surface area contributed by atoms with Crippen LogP contribution in [0.5, 0.6) is 11.5 Å². The molecule has 5 heteroatoms. The van der Waals surface area contributed by atoms with Crippen molar-refractivity contribution < 1.29 is 9.47 Å². The lowest BCUT2D eigenvalue weighted by Gasteiger charge is -2.31. The van der Waals surface area contributed by atoms with Crippen molar-refractivity contribution in [2.75, 3.05) is 40.4 Å². The zero-order valence-corrected chi connectivity index (χ0v) is 14.6. The molecule has 4 nitrogen and oxygen atoms in total. The zero-order valence-electron chi connectivity index (χ0n) is 13.7. The van der Waals surface area contributed by atoms with Crippen molar-refractivity contribution in [3.63, 3.8) is 0 Å². The van der Waals surface area contributed by atoms with Gasteiger partial charge in [0, 0.05) is 31.3 Å². The summed E-state index contributed by atoms with van der Waals surface area (Å²) in [5.41, 5.74) is 2.54. The SMILES string of the molecule is COc1ccc(C(c2ccsc2)N2CCCNCC2)c(OC)c1. The van der Waals surface area contributed by atoms with Crippen molar-refractivity contribution in [3.05, 3.63) is 46.2 Å². The van der Waals surface area contributed by atoms with E-state index < -0.39 is 0 Å². The fraction of sp³-hybridized carbons (Fsp3) is 0.444. The second-order valence-electron chi connectivity index (χ2n) is 5.71. The van der Waals surface area contributed by atoms with Crippen LogP contribution in [0.4, 0.5) is 0 Å². The van der Waals surface area contributed by atoms with E-state index in [9.17, 15) is 0 Å². The van der Waals surface area contributed by atoms with E-state index >= 15 is 0 Å². The number of rotatable bonds is 5. The van der Waals surface area contributed by atoms with Gasteiger partial charge in [-0.15, -0.1) is 0 Å². The van der Waals surface area contributed by atoms with Crippen LogP contribution in [0.3, 0.4) is 0 Å². The maximum Gasteiger partial charge on any atom is 0.127 e. The maximum absolute atomic E-state index is 5.67. The van der Waals surface area contributed by atoms with Crippen LogP contribution in [0.1, 0.15) is 23.6 Å². The second-order valence-corrected chi connectivity index (χ2v) is 6.49. The Labute approximate surface area is 142 Å². The number of thiophene rings is 1. The third kappa shape index (κ3) is 3.68. The van der Waals surface area contributed by atoms with E-state index in [1.807, 2.05) is 12.1 Å². The van der Waals surface area contributed by atoms with E-state index in [-0.39, 0.29) is 6.04 Å². The molecule has 3 rings (SSSR count). The maximum atomic E-state index is 5.67. The molecule has 1 N–H and O–H groups in total. The van der Waals surface area contributed by atoms with E-state index in [1.165, 1.54) is 17.5 Å². The highest BCUT2D eigenvalue weighted by Crippen LogP contribution is 2.37. The molecular formula is C18H24N2O2S. The van der Waals surface area contributed by atoms with E-state index in [4.69, 9.17) is 9.47 Å². The Kier molecular flexibility index (Phi) is 5.54. The Morgan fingerprint density at radius 3 is 2.78 bits per heavy atom. The molecule has 1 atom stereocenters. The van der Waals surface area contributed by atoms with E-state index in [0.717, 1.165) is 37.7 Å². The van der Waals surface area contributed by atoms with Crippen LogP contribution in [-0.4, -0.2) is 45.3 Å². The third-order valence-electron chi connectivity index (χ3n) is 4.33. The first kappa shape index (κ1) is 16.3. The Morgan fingerprint density at radius 1 is 1.13 bits per heavy atom. The number of hydrogen-bond donors (Lipinski definition) is 1. The summed E-state index contributed by atoms with van der Waals surface area (Å²) in [6.45, 7) is 4.24. The van der Waals surface area contributed by atoms with Crippen LogP contribution in [0.15, 0.2) is 35.0 Å². The van der Waals surface area contributed by atoms with E-state index in [1.54, 1.807) is 25.6 Å². The van der Waals surface area contributed by atoms with Gasteiger partial charge in [0.2, 0.25) is 0 Å². The van der Waals surface area contributed by atoms with Gasteiger partial charge in [-0.1, -0.05) is 0 Å². The number of nitrogens with zero attached hydrogens (tertiary/aromatic N) is 1. The summed E-state index contributed by atoms with van der Waals surface area (Å²) in [5.74, 6) is 1.71. The van der Waals surface area contributed by atoms with Gasteiger partial charge in [-0.05, 0) is 47.5 Å². The lowest BCUT2D eigenvalue weighted by molar-refractivity contribution is 0.236. The molecule has 1 aliphatic heterocycles. The molecule has 0 radical (unpaired) electrons. The molecule has 0 amide bonds. The first-order valence-electron chi connectivity index (χ1n) is 8.02. The summed E-state index contributed by atoms with van der Waals surface area (Å²) >= 11 is 1.75. The summed E-state index contributed by atoms with van der Waals surface area (Å²) < 4.78 is 11.0. The molecule has 1 aromatic carbocycles. The van der Waals surface area contributed by atoms with Gasteiger partial charge >= 0.3 is 0 Å². The van der Waals surface area contributed by atoms with Crippen LogP contribution in [0.25, 0.3) is 0 Å². The van der Waals surface area contributed by atoms with E-state index in [2.05, 4.69) is 33.1 Å². The van der Waals surface area contributed by atoms with Gasteiger partial charge in [0.15, 0.2) is 0 Å². The Hall–Kier alpha value is -1.56. The monoisotopic (exact) mass is 332 g/mol. The van der Waals surface area contributed by atoms with Crippen LogP contribution in [-0.2, 0) is 0 Å². The average molecular weight is 332 g/mol. The Bertz CT molecular complexity index is 607. The minimum Gasteiger partial charge on any atom is -0.497 e. The Balaban J connectivity index is 2.01. The molecule has 1 aromatic heterocycles. The van der Waals surface area contributed by atoms with Gasteiger partial charge in [-0.2, -0.15) is 11.3 Å². The largest absolute Gasteiger partial charge is 0.497 e. The van der Waals surface area contributed by atoms with Crippen LogP contribution >= 0.6 is 11.3 Å². The molecule has 1 fully saturated rings. The predicted molar refractivity (Wildman–Crippen MR) is 94.8 cm³/mol. The number of hydrogen-bond acceptors (Lipinski definition) is 5. The van der Waals surface area contributed by atoms with Gasteiger partial charge in [-0.25, -0.2) is 0 Å². The average Bonchev–Trinajstić information content (AvgIpc) is 2.98. The van der Waals surface area contributed by atoms with Gasteiger partial charge in [-0.3, -0.25) is 4.90 Å². The lowest BCUT2D eigenvalue weighted by atomic mass is 9.98. The second kappa shape index (κ2) is 7.81. The van der Waals surface area contributed by atoms with Gasteiger partial charge < -0.3 is 14.8 Å². The summed E-state index contributed by atoms with van der Waals surface area (Å²) in [6, 6.07) is 8.58. The normalized spacial score (nSPS) is 17.5.